The zero-order valence-electron chi connectivity index (χ0n) is 13.4. The summed E-state index contributed by atoms with van der Waals surface area (Å²) in [5.74, 6) is -0.988. The number of nitro groups is 1. The molecule has 7 nitrogen and oxygen atoms in total. The highest BCUT2D eigenvalue weighted by atomic mass is 16.6. The number of benzene rings is 2. The van der Waals surface area contributed by atoms with E-state index in [0.29, 0.717) is 30.8 Å². The summed E-state index contributed by atoms with van der Waals surface area (Å²) in [5.41, 5.74) is 6.30. The second kappa shape index (κ2) is 6.72. The number of amides is 1. The number of hydrogen-bond donors (Lipinski definition) is 1. The van der Waals surface area contributed by atoms with Gasteiger partial charge in [-0.25, -0.2) is 0 Å². The van der Waals surface area contributed by atoms with E-state index in [4.69, 9.17) is 5.73 Å². The van der Waals surface area contributed by atoms with E-state index >= 15 is 0 Å². The Kier molecular flexibility index (Phi) is 4.47. The molecule has 2 aromatic carbocycles. The summed E-state index contributed by atoms with van der Waals surface area (Å²) < 4.78 is 0. The van der Waals surface area contributed by atoms with E-state index in [2.05, 4.69) is 0 Å². The average molecular weight is 339 g/mol. The van der Waals surface area contributed by atoms with E-state index in [0.717, 1.165) is 0 Å². The molecule has 2 aromatic rings. The summed E-state index contributed by atoms with van der Waals surface area (Å²) in [6.07, 6.45) is 0.567. The zero-order chi connectivity index (χ0) is 18.0. The Labute approximate surface area is 144 Å². The molecule has 3 rings (SSSR count). The van der Waals surface area contributed by atoms with Crippen LogP contribution in [-0.2, 0) is 4.79 Å². The van der Waals surface area contributed by atoms with Crippen LogP contribution in [0.15, 0.2) is 48.5 Å². The van der Waals surface area contributed by atoms with Crippen LogP contribution in [0.1, 0.15) is 22.3 Å². The summed E-state index contributed by atoms with van der Waals surface area (Å²) >= 11 is 0. The van der Waals surface area contributed by atoms with E-state index < -0.39 is 10.8 Å². The summed E-state index contributed by atoms with van der Waals surface area (Å²) in [5, 5.41) is 11.5. The molecule has 1 saturated heterocycles. The molecule has 2 N–H and O–H groups in total. The minimum Gasteiger partial charge on any atom is -0.369 e. The lowest BCUT2D eigenvalue weighted by Gasteiger charge is -2.18. The monoisotopic (exact) mass is 339 g/mol. The van der Waals surface area contributed by atoms with Gasteiger partial charge in [0.05, 0.1) is 10.8 Å². The standard InChI is InChI=1S/C18H17N3O4/c19-18(23)14-8-9-20(11-14)15-7-6-13(10-16(15)21(24)25)17(22)12-4-2-1-3-5-12/h1-7,10,14H,8-9,11H2,(H2,19,23)/t14-/m1/s1. The lowest BCUT2D eigenvalue weighted by molar-refractivity contribution is -0.384. The molecule has 0 spiro atoms. The number of nitrogens with zero attached hydrogens (tertiary/aromatic N) is 2. The largest absolute Gasteiger partial charge is 0.369 e. The molecule has 0 radical (unpaired) electrons. The van der Waals surface area contributed by atoms with Crippen molar-refractivity contribution in [1.82, 2.24) is 0 Å². The Balaban J connectivity index is 1.93. The van der Waals surface area contributed by atoms with E-state index in [9.17, 15) is 19.7 Å². The Morgan fingerprint density at radius 1 is 1.12 bits per heavy atom. The highest BCUT2D eigenvalue weighted by molar-refractivity contribution is 6.09. The van der Waals surface area contributed by atoms with E-state index in [-0.39, 0.29) is 23.0 Å². The molecule has 1 aliphatic heterocycles. The van der Waals surface area contributed by atoms with Crippen molar-refractivity contribution in [3.05, 3.63) is 69.8 Å². The van der Waals surface area contributed by atoms with Crippen molar-refractivity contribution < 1.29 is 14.5 Å². The third-order valence-corrected chi connectivity index (χ3v) is 4.40. The molecule has 0 aliphatic carbocycles. The van der Waals surface area contributed by atoms with Crippen LogP contribution in [0, 0.1) is 16.0 Å². The molecule has 1 atom stereocenters. The van der Waals surface area contributed by atoms with Gasteiger partial charge in [-0.05, 0) is 18.6 Å². The first-order chi connectivity index (χ1) is 12.0. The molecule has 0 aromatic heterocycles. The van der Waals surface area contributed by atoms with E-state index in [1.165, 1.54) is 6.07 Å². The molecule has 128 valence electrons. The van der Waals surface area contributed by atoms with Gasteiger partial charge in [0.1, 0.15) is 5.69 Å². The van der Waals surface area contributed by atoms with Crippen LogP contribution in [-0.4, -0.2) is 29.7 Å². The van der Waals surface area contributed by atoms with Gasteiger partial charge >= 0.3 is 0 Å². The van der Waals surface area contributed by atoms with Crippen molar-refractivity contribution in [2.75, 3.05) is 18.0 Å². The zero-order valence-corrected chi connectivity index (χ0v) is 13.4. The molecule has 0 unspecified atom stereocenters. The van der Waals surface area contributed by atoms with Crippen LogP contribution < -0.4 is 10.6 Å². The van der Waals surface area contributed by atoms with Gasteiger partial charge in [-0.1, -0.05) is 30.3 Å². The lowest BCUT2D eigenvalue weighted by atomic mass is 10.0. The summed E-state index contributed by atoms with van der Waals surface area (Å²) in [7, 11) is 0. The van der Waals surface area contributed by atoms with Crippen LogP contribution >= 0.6 is 0 Å². The van der Waals surface area contributed by atoms with Gasteiger partial charge in [0.2, 0.25) is 5.91 Å². The van der Waals surface area contributed by atoms with Crippen LogP contribution in [0.5, 0.6) is 0 Å². The number of hydrogen-bond acceptors (Lipinski definition) is 5. The third kappa shape index (κ3) is 3.35. The minimum absolute atomic E-state index is 0.146. The first-order valence-corrected chi connectivity index (χ1v) is 7.90. The molecule has 7 heteroatoms. The quantitative estimate of drug-likeness (QED) is 0.510. The maximum atomic E-state index is 12.5. The number of carbonyl (C=O) groups is 2. The number of nitrogens with two attached hydrogens (primary N) is 1. The third-order valence-electron chi connectivity index (χ3n) is 4.40. The molecule has 1 aliphatic rings. The fourth-order valence-electron chi connectivity index (χ4n) is 3.05. The van der Waals surface area contributed by atoms with Crippen molar-refractivity contribution in [2.45, 2.75) is 6.42 Å². The number of anilines is 1. The van der Waals surface area contributed by atoms with Crippen molar-refractivity contribution in [2.24, 2.45) is 11.7 Å². The Hall–Kier alpha value is -3.22. The van der Waals surface area contributed by atoms with Gasteiger partial charge in [0.25, 0.3) is 5.69 Å². The topological polar surface area (TPSA) is 107 Å². The van der Waals surface area contributed by atoms with Crippen LogP contribution in [0.2, 0.25) is 0 Å². The highest BCUT2D eigenvalue weighted by Crippen LogP contribution is 2.33. The molecule has 1 fully saturated rings. The van der Waals surface area contributed by atoms with Crippen molar-refractivity contribution in [3.8, 4) is 0 Å². The van der Waals surface area contributed by atoms with E-state index in [1.807, 2.05) is 0 Å². The smallest absolute Gasteiger partial charge is 0.293 e. The maximum absolute atomic E-state index is 12.5. The van der Waals surface area contributed by atoms with Gasteiger partial charge in [0.15, 0.2) is 5.78 Å². The summed E-state index contributed by atoms with van der Waals surface area (Å²) in [4.78, 5) is 36.6. The van der Waals surface area contributed by atoms with Gasteiger partial charge in [0, 0.05) is 30.3 Å². The normalized spacial score (nSPS) is 16.6. The lowest BCUT2D eigenvalue weighted by Crippen LogP contribution is -2.27. The number of carbonyl (C=O) groups excluding carboxylic acids is 2. The molecule has 25 heavy (non-hydrogen) atoms. The molecule has 0 bridgehead atoms. The average Bonchev–Trinajstić information content (AvgIpc) is 3.11. The first kappa shape index (κ1) is 16.6. The molecule has 1 heterocycles. The van der Waals surface area contributed by atoms with Crippen LogP contribution in [0.3, 0.4) is 0 Å². The fourth-order valence-corrected chi connectivity index (χ4v) is 3.05. The molecule has 1 amide bonds. The van der Waals surface area contributed by atoms with Gasteiger partial charge < -0.3 is 10.6 Å². The number of rotatable bonds is 5. The predicted octanol–water partition coefficient (Wildman–Crippen LogP) is 2.14. The second-order valence-electron chi connectivity index (χ2n) is 5.99. The number of ketones is 1. The molecule has 0 saturated carbocycles. The highest BCUT2D eigenvalue weighted by Gasteiger charge is 2.31. The summed E-state index contributed by atoms with van der Waals surface area (Å²) in [6, 6.07) is 13.1. The Morgan fingerprint density at radius 2 is 1.84 bits per heavy atom. The van der Waals surface area contributed by atoms with Crippen molar-refractivity contribution in [1.29, 1.82) is 0 Å². The van der Waals surface area contributed by atoms with E-state index in [1.54, 1.807) is 47.4 Å². The summed E-state index contributed by atoms with van der Waals surface area (Å²) in [6.45, 7) is 0.864. The fraction of sp³-hybridized carbons (Fsp3) is 0.222. The number of nitro benzene ring substituents is 1. The predicted molar refractivity (Wildman–Crippen MR) is 92.5 cm³/mol. The molecular weight excluding hydrogens is 322 g/mol. The van der Waals surface area contributed by atoms with Crippen molar-refractivity contribution in [3.63, 3.8) is 0 Å². The SMILES string of the molecule is NC(=O)[C@@H]1CCN(c2ccc(C(=O)c3ccccc3)cc2[N+](=O)[O-])C1. The van der Waals surface area contributed by atoms with Gasteiger partial charge in [-0.3, -0.25) is 19.7 Å². The first-order valence-electron chi connectivity index (χ1n) is 7.90. The molecular formula is C18H17N3O4. The maximum Gasteiger partial charge on any atom is 0.293 e. The van der Waals surface area contributed by atoms with Crippen LogP contribution in [0.4, 0.5) is 11.4 Å². The second-order valence-corrected chi connectivity index (χ2v) is 5.99. The number of primary amides is 1. The van der Waals surface area contributed by atoms with Gasteiger partial charge in [-0.15, -0.1) is 0 Å². The minimum atomic E-state index is -0.505. The Bertz CT molecular complexity index is 835. The van der Waals surface area contributed by atoms with Crippen LogP contribution in [0.25, 0.3) is 0 Å². The Morgan fingerprint density at radius 3 is 2.44 bits per heavy atom. The van der Waals surface area contributed by atoms with Gasteiger partial charge in [-0.2, -0.15) is 0 Å². The van der Waals surface area contributed by atoms with Crippen molar-refractivity contribution >= 4 is 23.1 Å².